The van der Waals surface area contributed by atoms with Crippen molar-refractivity contribution in [2.45, 2.75) is 19.4 Å². The van der Waals surface area contributed by atoms with Gasteiger partial charge in [0, 0.05) is 42.3 Å². The summed E-state index contributed by atoms with van der Waals surface area (Å²) in [7, 11) is 3.23. The molecule has 3 aromatic carbocycles. The van der Waals surface area contributed by atoms with Crippen LogP contribution in [-0.4, -0.2) is 40.6 Å². The van der Waals surface area contributed by atoms with E-state index in [0.29, 0.717) is 17.9 Å². The zero-order valence-corrected chi connectivity index (χ0v) is 19.9. The number of carbonyl (C=O) groups is 1. The van der Waals surface area contributed by atoms with Crippen molar-refractivity contribution in [1.29, 1.82) is 0 Å². The molecular formula is C28H26N4O3. The van der Waals surface area contributed by atoms with Crippen LogP contribution in [0.2, 0.25) is 0 Å². The summed E-state index contributed by atoms with van der Waals surface area (Å²) in [6.07, 6.45) is 2.54. The first-order valence-corrected chi connectivity index (χ1v) is 11.4. The van der Waals surface area contributed by atoms with E-state index in [2.05, 4.69) is 0 Å². The third kappa shape index (κ3) is 4.40. The van der Waals surface area contributed by atoms with Crippen molar-refractivity contribution in [3.05, 3.63) is 96.2 Å². The Morgan fingerprint density at radius 3 is 2.11 bits per heavy atom. The van der Waals surface area contributed by atoms with E-state index in [1.54, 1.807) is 19.2 Å². The lowest BCUT2D eigenvalue weighted by Gasteiger charge is -2.20. The molecule has 7 nitrogen and oxygen atoms in total. The van der Waals surface area contributed by atoms with Crippen molar-refractivity contribution >= 4 is 11.6 Å². The molecule has 5 rings (SSSR count). The SMILES string of the molecule is COc1cc(OC)cc(C2=NN(C(C)=O)[C@@H](c3cn(-c4ccccc4)nc3-c3ccccc3)C2)c1. The topological polar surface area (TPSA) is 69.0 Å². The molecule has 35 heavy (non-hydrogen) atoms. The van der Waals surface area contributed by atoms with E-state index in [9.17, 15) is 4.79 Å². The highest BCUT2D eigenvalue weighted by Crippen LogP contribution is 2.39. The van der Waals surface area contributed by atoms with Gasteiger partial charge in [0.25, 0.3) is 0 Å². The lowest BCUT2D eigenvalue weighted by Crippen LogP contribution is -2.24. The number of amides is 1. The largest absolute Gasteiger partial charge is 0.497 e. The zero-order valence-electron chi connectivity index (χ0n) is 19.9. The first-order chi connectivity index (χ1) is 17.1. The number of methoxy groups -OCH3 is 2. The molecule has 0 N–H and O–H groups in total. The second kappa shape index (κ2) is 9.46. The van der Waals surface area contributed by atoms with Gasteiger partial charge in [-0.2, -0.15) is 10.2 Å². The van der Waals surface area contributed by atoms with Crippen molar-refractivity contribution in [1.82, 2.24) is 14.8 Å². The van der Waals surface area contributed by atoms with Gasteiger partial charge in [-0.15, -0.1) is 0 Å². The Morgan fingerprint density at radius 1 is 0.886 bits per heavy atom. The van der Waals surface area contributed by atoms with Crippen molar-refractivity contribution in [2.75, 3.05) is 14.2 Å². The highest BCUT2D eigenvalue weighted by molar-refractivity contribution is 6.03. The zero-order chi connectivity index (χ0) is 24.4. The molecule has 4 aromatic rings. The summed E-state index contributed by atoms with van der Waals surface area (Å²) in [5.41, 5.74) is 5.33. The minimum Gasteiger partial charge on any atom is -0.497 e. The highest BCUT2D eigenvalue weighted by Gasteiger charge is 2.35. The van der Waals surface area contributed by atoms with Crippen LogP contribution in [0, 0.1) is 0 Å². The third-order valence-corrected chi connectivity index (χ3v) is 6.09. The van der Waals surface area contributed by atoms with Gasteiger partial charge in [0.1, 0.15) is 11.5 Å². The molecule has 0 fully saturated rings. The molecule has 0 radical (unpaired) electrons. The van der Waals surface area contributed by atoms with Crippen LogP contribution in [0.3, 0.4) is 0 Å². The molecule has 0 saturated heterocycles. The second-order valence-electron chi connectivity index (χ2n) is 8.31. The first kappa shape index (κ1) is 22.4. The van der Waals surface area contributed by atoms with E-state index in [1.165, 1.54) is 6.92 Å². The maximum absolute atomic E-state index is 12.7. The molecule has 0 bridgehead atoms. The first-order valence-electron chi connectivity index (χ1n) is 11.4. The quantitative estimate of drug-likeness (QED) is 0.389. The van der Waals surface area contributed by atoms with Crippen LogP contribution >= 0.6 is 0 Å². The van der Waals surface area contributed by atoms with Gasteiger partial charge in [-0.25, -0.2) is 9.69 Å². The van der Waals surface area contributed by atoms with E-state index in [-0.39, 0.29) is 11.9 Å². The summed E-state index contributed by atoms with van der Waals surface area (Å²) in [5.74, 6) is 1.20. The molecule has 7 heteroatoms. The number of rotatable bonds is 6. The molecule has 1 aliphatic rings. The van der Waals surface area contributed by atoms with Gasteiger partial charge in [0.05, 0.1) is 37.4 Å². The van der Waals surface area contributed by atoms with Crippen LogP contribution in [0.15, 0.2) is 90.2 Å². The summed E-state index contributed by atoms with van der Waals surface area (Å²) in [4.78, 5) is 12.7. The fourth-order valence-electron chi connectivity index (χ4n) is 4.36. The Kier molecular flexibility index (Phi) is 6.06. The molecule has 0 spiro atoms. The predicted octanol–water partition coefficient (Wildman–Crippen LogP) is 5.25. The third-order valence-electron chi connectivity index (χ3n) is 6.09. The van der Waals surface area contributed by atoms with E-state index in [1.807, 2.05) is 89.7 Å². The molecule has 0 saturated carbocycles. The lowest BCUT2D eigenvalue weighted by atomic mass is 9.96. The Morgan fingerprint density at radius 2 is 1.51 bits per heavy atom. The number of hydrogen-bond acceptors (Lipinski definition) is 5. The maximum Gasteiger partial charge on any atom is 0.240 e. The number of para-hydroxylation sites is 1. The summed E-state index contributed by atoms with van der Waals surface area (Å²) in [6, 6.07) is 25.3. The van der Waals surface area contributed by atoms with Gasteiger partial charge in [0.2, 0.25) is 5.91 Å². The molecule has 2 heterocycles. The predicted molar refractivity (Wildman–Crippen MR) is 135 cm³/mol. The molecule has 0 aliphatic carbocycles. The number of nitrogens with zero attached hydrogens (tertiary/aromatic N) is 4. The number of carbonyl (C=O) groups excluding carboxylic acids is 1. The Bertz CT molecular complexity index is 1360. The number of ether oxygens (including phenoxy) is 2. The Hall–Kier alpha value is -4.39. The van der Waals surface area contributed by atoms with Crippen LogP contribution < -0.4 is 9.47 Å². The molecule has 1 aliphatic heterocycles. The summed E-state index contributed by atoms with van der Waals surface area (Å²) < 4.78 is 12.7. The van der Waals surface area contributed by atoms with E-state index < -0.39 is 0 Å². The number of aromatic nitrogens is 2. The standard InChI is InChI=1S/C28H26N4O3/c1-19(33)32-27(17-26(29-32)21-14-23(34-2)16-24(15-21)35-3)25-18-31(22-12-8-5-9-13-22)30-28(25)20-10-6-4-7-11-20/h4-16,18,27H,17H2,1-3H3/t27-/m1/s1. The van der Waals surface area contributed by atoms with Gasteiger partial charge in [-0.1, -0.05) is 48.5 Å². The van der Waals surface area contributed by atoms with Crippen LogP contribution in [0.4, 0.5) is 0 Å². The second-order valence-corrected chi connectivity index (χ2v) is 8.31. The smallest absolute Gasteiger partial charge is 0.240 e. The monoisotopic (exact) mass is 466 g/mol. The normalized spacial score (nSPS) is 15.1. The molecule has 1 amide bonds. The average molecular weight is 467 g/mol. The minimum absolute atomic E-state index is 0.133. The molecule has 1 aromatic heterocycles. The van der Waals surface area contributed by atoms with Gasteiger partial charge < -0.3 is 9.47 Å². The van der Waals surface area contributed by atoms with Gasteiger partial charge in [-0.05, 0) is 24.3 Å². The Labute approximate surface area is 204 Å². The molecule has 1 atom stereocenters. The van der Waals surface area contributed by atoms with Crippen LogP contribution in [0.1, 0.15) is 30.5 Å². The lowest BCUT2D eigenvalue weighted by molar-refractivity contribution is -0.130. The van der Waals surface area contributed by atoms with Gasteiger partial charge in [0.15, 0.2) is 0 Å². The average Bonchev–Trinajstić information content (AvgIpc) is 3.55. The number of hydrogen-bond donors (Lipinski definition) is 0. The highest BCUT2D eigenvalue weighted by atomic mass is 16.5. The van der Waals surface area contributed by atoms with Crippen LogP contribution in [0.25, 0.3) is 16.9 Å². The van der Waals surface area contributed by atoms with Gasteiger partial charge >= 0.3 is 0 Å². The summed E-state index contributed by atoms with van der Waals surface area (Å²) >= 11 is 0. The number of hydrazone groups is 1. The van der Waals surface area contributed by atoms with Crippen molar-refractivity contribution in [2.24, 2.45) is 5.10 Å². The van der Waals surface area contributed by atoms with Crippen molar-refractivity contribution in [3.63, 3.8) is 0 Å². The van der Waals surface area contributed by atoms with Crippen LogP contribution in [-0.2, 0) is 4.79 Å². The number of benzene rings is 3. The maximum atomic E-state index is 12.7. The fourth-order valence-corrected chi connectivity index (χ4v) is 4.36. The summed E-state index contributed by atoms with van der Waals surface area (Å²) in [5, 5.41) is 11.2. The van der Waals surface area contributed by atoms with Crippen molar-refractivity contribution < 1.29 is 14.3 Å². The van der Waals surface area contributed by atoms with E-state index >= 15 is 0 Å². The van der Waals surface area contributed by atoms with Crippen molar-refractivity contribution in [3.8, 4) is 28.4 Å². The van der Waals surface area contributed by atoms with E-state index in [0.717, 1.165) is 33.8 Å². The molecular weight excluding hydrogens is 440 g/mol. The van der Waals surface area contributed by atoms with Crippen LogP contribution in [0.5, 0.6) is 11.5 Å². The molecule has 0 unspecified atom stereocenters. The molecule has 176 valence electrons. The fraction of sp³-hybridized carbons (Fsp3) is 0.179. The van der Waals surface area contributed by atoms with E-state index in [4.69, 9.17) is 19.7 Å². The minimum atomic E-state index is -0.299. The van der Waals surface area contributed by atoms with Gasteiger partial charge in [-0.3, -0.25) is 4.79 Å². The Balaban J connectivity index is 1.60. The summed E-state index contributed by atoms with van der Waals surface area (Å²) in [6.45, 7) is 1.54.